The average molecular weight is 565 g/mol. The van der Waals surface area contributed by atoms with Crippen LogP contribution in [-0.4, -0.2) is 45.1 Å². The Labute approximate surface area is 233 Å². The Hall–Kier alpha value is -2.55. The number of hydrogen-bond acceptors (Lipinski definition) is 6. The highest BCUT2D eigenvalue weighted by Crippen LogP contribution is 2.42. The molecule has 1 saturated heterocycles. The highest BCUT2D eigenvalue weighted by molar-refractivity contribution is 6.45. The summed E-state index contributed by atoms with van der Waals surface area (Å²) >= 11 is 13.2. The fourth-order valence-electron chi connectivity index (χ4n) is 4.88. The predicted octanol–water partition coefficient (Wildman–Crippen LogP) is 6.74. The number of rotatable bonds is 9. The molecule has 38 heavy (non-hydrogen) atoms. The molecule has 0 saturated carbocycles. The number of carbonyl (C=O) groups excluding carboxylic acids is 2. The fourth-order valence-corrected chi connectivity index (χ4v) is 5.30. The highest BCUT2D eigenvalue weighted by atomic mass is 35.5. The van der Waals surface area contributed by atoms with Crippen molar-refractivity contribution in [2.24, 2.45) is 0 Å². The van der Waals surface area contributed by atoms with E-state index in [1.54, 1.807) is 13.0 Å². The van der Waals surface area contributed by atoms with Gasteiger partial charge in [-0.25, -0.2) is 4.68 Å². The molecule has 4 rings (SSSR count). The molecule has 2 aromatic heterocycles. The smallest absolute Gasteiger partial charge is 0.326 e. The Bertz CT molecular complexity index is 1300. The molecule has 0 amide bonds. The number of esters is 2. The maximum Gasteiger partial charge on any atom is 0.326 e. The van der Waals surface area contributed by atoms with Gasteiger partial charge < -0.3 is 18.8 Å². The minimum absolute atomic E-state index is 0.0531. The molecule has 0 N–H and O–H groups in total. The van der Waals surface area contributed by atoms with Crippen molar-refractivity contribution in [2.45, 2.75) is 84.6 Å². The van der Waals surface area contributed by atoms with Crippen LogP contribution in [-0.2, 0) is 36.8 Å². The minimum Gasteiger partial charge on any atom is -0.466 e. The highest BCUT2D eigenvalue weighted by Gasteiger charge is 2.26. The zero-order valence-corrected chi connectivity index (χ0v) is 23.9. The van der Waals surface area contributed by atoms with Gasteiger partial charge in [0.2, 0.25) is 0 Å². The third kappa shape index (κ3) is 6.53. The van der Waals surface area contributed by atoms with Crippen LogP contribution in [0.3, 0.4) is 0 Å². The van der Waals surface area contributed by atoms with E-state index in [1.165, 1.54) is 0 Å². The first-order valence-corrected chi connectivity index (χ1v) is 13.9. The molecule has 8 nitrogen and oxygen atoms in total. The van der Waals surface area contributed by atoms with Crippen molar-refractivity contribution in [3.05, 3.63) is 40.3 Å². The largest absolute Gasteiger partial charge is 0.466 e. The van der Waals surface area contributed by atoms with E-state index in [0.29, 0.717) is 41.6 Å². The van der Waals surface area contributed by atoms with Crippen LogP contribution in [0.4, 0.5) is 0 Å². The maximum atomic E-state index is 13.0. The molecule has 1 aliphatic rings. The molecule has 0 bridgehead atoms. The predicted molar refractivity (Wildman–Crippen MR) is 147 cm³/mol. The molecule has 1 aromatic carbocycles. The van der Waals surface area contributed by atoms with Gasteiger partial charge in [0.25, 0.3) is 0 Å². The van der Waals surface area contributed by atoms with Crippen LogP contribution in [0.1, 0.15) is 71.7 Å². The van der Waals surface area contributed by atoms with E-state index in [4.69, 9.17) is 37.4 Å². The first-order chi connectivity index (χ1) is 18.1. The first-order valence-electron chi connectivity index (χ1n) is 13.1. The summed E-state index contributed by atoms with van der Waals surface area (Å²) in [4.78, 5) is 25.1. The molecule has 206 valence electrons. The number of halogens is 2. The van der Waals surface area contributed by atoms with Gasteiger partial charge in [0.15, 0.2) is 0 Å². The van der Waals surface area contributed by atoms with Crippen LogP contribution in [0.5, 0.6) is 0 Å². The zero-order chi connectivity index (χ0) is 27.4. The second-order valence-electron chi connectivity index (χ2n) is 10.4. The molecule has 0 aliphatic carbocycles. The number of fused-ring (bicyclic) bond motifs is 1. The van der Waals surface area contributed by atoms with E-state index >= 15 is 0 Å². The number of carbonyl (C=O) groups is 2. The average Bonchev–Trinajstić information content (AvgIpc) is 3.44. The minimum atomic E-state index is -0.643. The van der Waals surface area contributed by atoms with Crippen LogP contribution in [0.15, 0.2) is 24.5 Å². The van der Waals surface area contributed by atoms with Crippen LogP contribution in [0.2, 0.25) is 10.0 Å². The molecular formula is C28H35Cl2N3O5. The van der Waals surface area contributed by atoms with E-state index in [-0.39, 0.29) is 25.2 Å². The van der Waals surface area contributed by atoms with Crippen molar-refractivity contribution in [1.29, 1.82) is 0 Å². The van der Waals surface area contributed by atoms with E-state index in [0.717, 1.165) is 41.5 Å². The maximum absolute atomic E-state index is 13.0. The van der Waals surface area contributed by atoms with Crippen molar-refractivity contribution in [3.8, 4) is 11.1 Å². The second kappa shape index (κ2) is 12.1. The lowest BCUT2D eigenvalue weighted by atomic mass is 10.0. The van der Waals surface area contributed by atoms with Gasteiger partial charge in [-0.15, -0.1) is 0 Å². The van der Waals surface area contributed by atoms with Gasteiger partial charge >= 0.3 is 11.9 Å². The molecule has 0 spiro atoms. The van der Waals surface area contributed by atoms with Crippen LogP contribution in [0.25, 0.3) is 22.0 Å². The van der Waals surface area contributed by atoms with Crippen LogP contribution in [0, 0.1) is 0 Å². The van der Waals surface area contributed by atoms with Crippen molar-refractivity contribution in [1.82, 2.24) is 14.3 Å². The molecule has 0 radical (unpaired) electrons. The summed E-state index contributed by atoms with van der Waals surface area (Å²) in [5, 5.41) is 6.20. The van der Waals surface area contributed by atoms with Gasteiger partial charge in [-0.2, -0.15) is 5.10 Å². The fraction of sp³-hybridized carbons (Fsp3) is 0.536. The Morgan fingerprint density at radius 3 is 2.66 bits per heavy atom. The van der Waals surface area contributed by atoms with Gasteiger partial charge in [0.05, 0.1) is 28.4 Å². The SMILES string of the molecule is CCOC(=O)CCCc1c(-c2cnn(C3CCCCO3)c2)c2ccc(Cl)c(Cl)c2n1CC(=O)OC(C)(C)C. The van der Waals surface area contributed by atoms with Crippen molar-refractivity contribution in [2.75, 3.05) is 13.2 Å². The van der Waals surface area contributed by atoms with Crippen molar-refractivity contribution >= 4 is 46.0 Å². The van der Waals surface area contributed by atoms with E-state index in [2.05, 4.69) is 5.10 Å². The monoisotopic (exact) mass is 563 g/mol. The number of hydrogen-bond donors (Lipinski definition) is 0. The summed E-state index contributed by atoms with van der Waals surface area (Å²) in [6.07, 6.45) is 7.99. The first kappa shape index (κ1) is 28.5. The van der Waals surface area contributed by atoms with Crippen LogP contribution >= 0.6 is 23.2 Å². The Balaban J connectivity index is 1.82. The molecule has 1 fully saturated rings. The molecule has 1 unspecified atom stereocenters. The summed E-state index contributed by atoms with van der Waals surface area (Å²) < 4.78 is 20.4. The Kier molecular flexibility index (Phi) is 9.06. The molecule has 10 heteroatoms. The molecule has 1 atom stereocenters. The standard InChI is InChI=1S/C28H35Cl2N3O5/c1-5-36-23(34)11-8-9-21-25(18-15-31-33(16-18)22-10-6-7-14-37-22)19-12-13-20(29)26(30)27(19)32(21)17-24(35)38-28(2,3)4/h12-13,15-16,22H,5-11,14,17H2,1-4H3. The Morgan fingerprint density at radius 2 is 1.97 bits per heavy atom. The van der Waals surface area contributed by atoms with Gasteiger partial charge in [0.1, 0.15) is 18.4 Å². The third-order valence-corrected chi connectivity index (χ3v) is 7.16. The van der Waals surface area contributed by atoms with Crippen molar-refractivity contribution in [3.63, 3.8) is 0 Å². The van der Waals surface area contributed by atoms with Gasteiger partial charge in [-0.1, -0.05) is 29.3 Å². The lowest BCUT2D eigenvalue weighted by Gasteiger charge is -2.22. The number of benzene rings is 1. The summed E-state index contributed by atoms with van der Waals surface area (Å²) in [5.41, 5.74) is 2.62. The molecule has 3 aromatic rings. The van der Waals surface area contributed by atoms with E-state index in [1.807, 2.05) is 48.5 Å². The van der Waals surface area contributed by atoms with Crippen molar-refractivity contribution < 1.29 is 23.8 Å². The number of nitrogens with zero attached hydrogens (tertiary/aromatic N) is 3. The van der Waals surface area contributed by atoms with Gasteiger partial charge in [-0.05, 0) is 65.9 Å². The zero-order valence-electron chi connectivity index (χ0n) is 22.4. The quantitative estimate of drug-likeness (QED) is 0.268. The summed E-state index contributed by atoms with van der Waals surface area (Å²) in [5.74, 6) is -0.651. The van der Waals surface area contributed by atoms with E-state index in [9.17, 15) is 9.59 Å². The number of aromatic nitrogens is 3. The molecule has 1 aliphatic heterocycles. The van der Waals surface area contributed by atoms with Crippen LogP contribution < -0.4 is 0 Å². The molecule has 3 heterocycles. The Morgan fingerprint density at radius 1 is 1.18 bits per heavy atom. The van der Waals surface area contributed by atoms with Gasteiger partial charge in [0, 0.05) is 41.4 Å². The topological polar surface area (TPSA) is 84.6 Å². The lowest BCUT2D eigenvalue weighted by Crippen LogP contribution is -2.27. The summed E-state index contributed by atoms with van der Waals surface area (Å²) in [6.45, 7) is 8.26. The second-order valence-corrected chi connectivity index (χ2v) is 11.2. The van der Waals surface area contributed by atoms with Gasteiger partial charge in [-0.3, -0.25) is 9.59 Å². The lowest BCUT2D eigenvalue weighted by molar-refractivity contribution is -0.155. The normalized spacial score (nSPS) is 16.1. The molecular weight excluding hydrogens is 529 g/mol. The number of ether oxygens (including phenoxy) is 3. The van der Waals surface area contributed by atoms with E-state index < -0.39 is 11.6 Å². The third-order valence-electron chi connectivity index (χ3n) is 6.37. The summed E-state index contributed by atoms with van der Waals surface area (Å²) in [6, 6.07) is 3.67. The summed E-state index contributed by atoms with van der Waals surface area (Å²) in [7, 11) is 0.